The van der Waals surface area contributed by atoms with Crippen molar-refractivity contribution in [2.75, 3.05) is 0 Å². The van der Waals surface area contributed by atoms with Crippen molar-refractivity contribution in [3.05, 3.63) is 11.6 Å². The Morgan fingerprint density at radius 2 is 1.60 bits per heavy atom. The molecule has 1 spiro atoms. The number of aliphatic hydroxyl groups is 5. The molecule has 0 aliphatic heterocycles. The van der Waals surface area contributed by atoms with E-state index in [0.717, 1.165) is 18.4 Å². The van der Waals surface area contributed by atoms with Crippen LogP contribution >= 0.6 is 0 Å². The summed E-state index contributed by atoms with van der Waals surface area (Å²) in [4.78, 5) is 0. The fraction of sp³-hybridized carbons (Fsp3) is 0.900. The predicted molar refractivity (Wildman–Crippen MR) is 92.5 cm³/mol. The molecule has 0 heterocycles. The Labute approximate surface area is 149 Å². The fourth-order valence-corrected chi connectivity index (χ4v) is 7.20. The zero-order valence-electron chi connectivity index (χ0n) is 15.6. The lowest BCUT2D eigenvalue weighted by Crippen LogP contribution is -2.60. The molecule has 2 unspecified atom stereocenters. The summed E-state index contributed by atoms with van der Waals surface area (Å²) < 4.78 is 0. The summed E-state index contributed by atoms with van der Waals surface area (Å²) in [5, 5.41) is 56.1. The van der Waals surface area contributed by atoms with E-state index in [2.05, 4.69) is 6.08 Å². The molecule has 0 radical (unpaired) electrons. The lowest BCUT2D eigenvalue weighted by atomic mass is 9.57. The predicted octanol–water partition coefficient (Wildman–Crippen LogP) is 0.974. The summed E-state index contributed by atoms with van der Waals surface area (Å²) in [6.07, 6.45) is 1.54. The van der Waals surface area contributed by atoms with Gasteiger partial charge in [0.2, 0.25) is 0 Å². The minimum atomic E-state index is -1.60. The Morgan fingerprint density at radius 1 is 0.960 bits per heavy atom. The van der Waals surface area contributed by atoms with Gasteiger partial charge in [-0.15, -0.1) is 0 Å². The normalized spacial score (nSPS) is 59.8. The van der Waals surface area contributed by atoms with E-state index in [1.54, 1.807) is 20.8 Å². The van der Waals surface area contributed by atoms with Gasteiger partial charge in [-0.1, -0.05) is 25.5 Å². The topological polar surface area (TPSA) is 101 Å². The highest BCUT2D eigenvalue weighted by Gasteiger charge is 2.73. The van der Waals surface area contributed by atoms with Crippen LogP contribution in [0.2, 0.25) is 0 Å². The Kier molecular flexibility index (Phi) is 3.49. The third-order valence-electron chi connectivity index (χ3n) is 8.75. The zero-order chi connectivity index (χ0) is 18.6. The van der Waals surface area contributed by atoms with E-state index in [1.165, 1.54) is 0 Å². The van der Waals surface area contributed by atoms with Crippen LogP contribution in [0, 0.1) is 28.6 Å². The van der Waals surface area contributed by atoms with Crippen molar-refractivity contribution in [1.29, 1.82) is 0 Å². The van der Waals surface area contributed by atoms with Gasteiger partial charge < -0.3 is 25.5 Å². The summed E-state index contributed by atoms with van der Waals surface area (Å²) in [7, 11) is 0. The average molecular weight is 352 g/mol. The van der Waals surface area contributed by atoms with E-state index < -0.39 is 46.3 Å². The van der Waals surface area contributed by atoms with Crippen LogP contribution < -0.4 is 0 Å². The molecule has 4 aliphatic rings. The molecule has 2 bridgehead atoms. The third kappa shape index (κ3) is 1.82. The molecule has 3 fully saturated rings. The van der Waals surface area contributed by atoms with Crippen LogP contribution in [0.25, 0.3) is 0 Å². The van der Waals surface area contributed by atoms with Crippen LogP contribution in [0.4, 0.5) is 0 Å². The molecule has 4 rings (SSSR count). The number of rotatable bonds is 0. The van der Waals surface area contributed by atoms with Crippen LogP contribution in [-0.2, 0) is 0 Å². The molecule has 5 heteroatoms. The molecule has 0 aromatic rings. The van der Waals surface area contributed by atoms with Crippen molar-refractivity contribution in [2.45, 2.75) is 82.9 Å². The average Bonchev–Trinajstić information content (AvgIpc) is 2.75. The Morgan fingerprint density at radius 3 is 2.24 bits per heavy atom. The summed E-state index contributed by atoms with van der Waals surface area (Å²) in [5.74, 6) is -0.814. The van der Waals surface area contributed by atoms with Crippen molar-refractivity contribution >= 4 is 0 Å². The third-order valence-corrected chi connectivity index (χ3v) is 8.75. The summed E-state index contributed by atoms with van der Waals surface area (Å²) in [6.45, 7) is 7.27. The second-order valence-electron chi connectivity index (χ2n) is 9.98. The summed E-state index contributed by atoms with van der Waals surface area (Å²) in [6, 6.07) is 0. The maximum Gasteiger partial charge on any atom is 0.104 e. The van der Waals surface area contributed by atoms with Gasteiger partial charge in [-0.3, -0.25) is 0 Å². The molecule has 4 aliphatic carbocycles. The van der Waals surface area contributed by atoms with Gasteiger partial charge in [0, 0.05) is 22.7 Å². The number of hydrogen-bond acceptors (Lipinski definition) is 5. The highest BCUT2D eigenvalue weighted by Crippen LogP contribution is 2.67. The van der Waals surface area contributed by atoms with E-state index in [-0.39, 0.29) is 24.7 Å². The van der Waals surface area contributed by atoms with Crippen LogP contribution in [0.5, 0.6) is 0 Å². The van der Waals surface area contributed by atoms with Gasteiger partial charge in [0.05, 0.1) is 23.9 Å². The lowest BCUT2D eigenvalue weighted by Gasteiger charge is -2.51. The van der Waals surface area contributed by atoms with Crippen molar-refractivity contribution in [3.63, 3.8) is 0 Å². The van der Waals surface area contributed by atoms with Crippen LogP contribution in [-0.4, -0.2) is 55.0 Å². The molecule has 0 amide bonds. The van der Waals surface area contributed by atoms with Crippen molar-refractivity contribution in [2.24, 2.45) is 28.6 Å². The zero-order valence-corrected chi connectivity index (χ0v) is 15.6. The van der Waals surface area contributed by atoms with Gasteiger partial charge in [0.15, 0.2) is 0 Å². The Hall–Kier alpha value is -0.460. The minimum absolute atomic E-state index is 0.0745. The number of fused-ring (bicyclic) bond motifs is 2. The molecule has 5 nitrogen and oxygen atoms in total. The van der Waals surface area contributed by atoms with Gasteiger partial charge in [-0.2, -0.15) is 0 Å². The van der Waals surface area contributed by atoms with Gasteiger partial charge in [0.1, 0.15) is 5.60 Å². The molecule has 3 saturated carbocycles. The van der Waals surface area contributed by atoms with E-state index in [1.807, 2.05) is 6.92 Å². The Balaban J connectivity index is 1.91. The molecule has 0 aromatic carbocycles. The van der Waals surface area contributed by atoms with E-state index in [9.17, 15) is 25.5 Å². The van der Waals surface area contributed by atoms with Crippen molar-refractivity contribution in [3.8, 4) is 0 Å². The quantitative estimate of drug-likeness (QED) is 0.418. The number of hydrogen-bond donors (Lipinski definition) is 5. The standard InChI is InChI=1S/C20H32O5/c1-10-8-19-9-15(22)20(25)13(7-14(21)17(20,2)3)18(4,24)12(19)6-5-11(10)16(19)23/h8,11-16,21-25H,5-7,9H2,1-4H3/t11?,12-,13-,14-,15+,16-,18+,19?,20-/m0/s1. The molecule has 0 aromatic heterocycles. The maximum absolute atomic E-state index is 11.6. The Bertz CT molecular complexity index is 626. The van der Waals surface area contributed by atoms with Gasteiger partial charge in [0.25, 0.3) is 0 Å². The maximum atomic E-state index is 11.6. The molecule has 25 heavy (non-hydrogen) atoms. The largest absolute Gasteiger partial charge is 0.392 e. The second-order valence-corrected chi connectivity index (χ2v) is 9.98. The van der Waals surface area contributed by atoms with E-state index in [0.29, 0.717) is 0 Å². The van der Waals surface area contributed by atoms with Gasteiger partial charge in [-0.05, 0) is 45.4 Å². The minimum Gasteiger partial charge on any atom is -0.392 e. The summed E-state index contributed by atoms with van der Waals surface area (Å²) >= 11 is 0. The molecule has 0 saturated heterocycles. The smallest absolute Gasteiger partial charge is 0.104 e. The first kappa shape index (κ1) is 17.9. The first-order valence-corrected chi connectivity index (χ1v) is 9.59. The first-order valence-electron chi connectivity index (χ1n) is 9.59. The highest BCUT2D eigenvalue weighted by molar-refractivity contribution is 5.33. The molecular weight excluding hydrogens is 320 g/mol. The molecule has 142 valence electrons. The second kappa shape index (κ2) is 4.87. The number of aliphatic hydroxyl groups excluding tert-OH is 3. The first-order chi connectivity index (χ1) is 11.4. The van der Waals surface area contributed by atoms with Crippen LogP contribution in [0.3, 0.4) is 0 Å². The molecule has 5 N–H and O–H groups in total. The monoisotopic (exact) mass is 352 g/mol. The fourth-order valence-electron chi connectivity index (χ4n) is 7.20. The van der Waals surface area contributed by atoms with Crippen LogP contribution in [0.15, 0.2) is 11.6 Å². The van der Waals surface area contributed by atoms with Crippen molar-refractivity contribution in [1.82, 2.24) is 0 Å². The van der Waals surface area contributed by atoms with Gasteiger partial charge >= 0.3 is 0 Å². The molecular formula is C20H32O5. The molecule has 9 atom stereocenters. The SMILES string of the molecule is CC1=CC23C[C@@H](O)[C@@]4(O)[C@@H](C[C@H](O)C4(C)C)[C@](C)(O)[C@@H]2CCC1[C@@H]3O. The highest BCUT2D eigenvalue weighted by atomic mass is 16.4. The summed E-state index contributed by atoms with van der Waals surface area (Å²) in [5.41, 5.74) is -3.41. The van der Waals surface area contributed by atoms with Crippen molar-refractivity contribution < 1.29 is 25.5 Å². The van der Waals surface area contributed by atoms with E-state index in [4.69, 9.17) is 0 Å². The van der Waals surface area contributed by atoms with Gasteiger partial charge in [-0.25, -0.2) is 0 Å². The van der Waals surface area contributed by atoms with E-state index >= 15 is 0 Å². The lowest BCUT2D eigenvalue weighted by molar-refractivity contribution is -0.200. The van der Waals surface area contributed by atoms with Crippen LogP contribution in [0.1, 0.15) is 53.4 Å².